The Morgan fingerprint density at radius 2 is 2.29 bits per heavy atom. The van der Waals surface area contributed by atoms with Gasteiger partial charge in [0.25, 0.3) is 5.91 Å². The van der Waals surface area contributed by atoms with Gasteiger partial charge in [-0.25, -0.2) is 0 Å². The van der Waals surface area contributed by atoms with Gasteiger partial charge in [-0.2, -0.15) is 0 Å². The molecule has 1 amide bonds. The van der Waals surface area contributed by atoms with Gasteiger partial charge in [0, 0.05) is 12.4 Å². The first-order valence-electron chi connectivity index (χ1n) is 4.00. The summed E-state index contributed by atoms with van der Waals surface area (Å²) in [4.78, 5) is 15.2. The van der Waals surface area contributed by atoms with Crippen molar-refractivity contribution in [1.29, 1.82) is 0 Å². The van der Waals surface area contributed by atoms with Gasteiger partial charge in [0.05, 0.1) is 0 Å². The van der Waals surface area contributed by atoms with Gasteiger partial charge < -0.3 is 5.32 Å². The van der Waals surface area contributed by atoms with Gasteiger partial charge >= 0.3 is 0 Å². The van der Waals surface area contributed by atoms with Crippen molar-refractivity contribution >= 4 is 29.3 Å². The highest BCUT2D eigenvalue weighted by atomic mass is 32.1. The zero-order chi connectivity index (χ0) is 9.97. The van der Waals surface area contributed by atoms with Crippen LogP contribution in [0, 0.1) is 0 Å². The summed E-state index contributed by atoms with van der Waals surface area (Å²) in [7, 11) is 0. The lowest BCUT2D eigenvalue weighted by atomic mass is 10.2. The molecule has 2 heterocycles. The highest BCUT2D eigenvalue weighted by molar-refractivity contribution is 7.80. The molecule has 14 heavy (non-hydrogen) atoms. The molecule has 1 fully saturated rings. The zero-order valence-corrected chi connectivity index (χ0v) is 7.97. The van der Waals surface area contributed by atoms with Crippen LogP contribution in [0.4, 0.5) is 0 Å². The van der Waals surface area contributed by atoms with Crippen LogP contribution in [0.15, 0.2) is 30.2 Å². The molecular weight excluding hydrogens is 198 g/mol. The third-order valence-electron chi connectivity index (χ3n) is 1.72. The van der Waals surface area contributed by atoms with Crippen molar-refractivity contribution < 1.29 is 4.79 Å². The lowest BCUT2D eigenvalue weighted by Crippen LogP contribution is -2.21. The molecule has 70 valence electrons. The molecule has 1 saturated heterocycles. The van der Waals surface area contributed by atoms with Gasteiger partial charge in [0.1, 0.15) is 5.70 Å². The van der Waals surface area contributed by atoms with E-state index in [4.69, 9.17) is 12.2 Å². The molecule has 0 unspecified atom stereocenters. The van der Waals surface area contributed by atoms with Crippen molar-refractivity contribution in [1.82, 2.24) is 15.6 Å². The predicted octanol–water partition coefficient (Wildman–Crippen LogP) is 0.427. The first-order valence-corrected chi connectivity index (χ1v) is 4.40. The molecule has 0 aromatic carbocycles. The van der Waals surface area contributed by atoms with E-state index < -0.39 is 0 Å². The monoisotopic (exact) mass is 205 g/mol. The molecule has 1 aromatic heterocycles. The first kappa shape index (κ1) is 8.83. The van der Waals surface area contributed by atoms with Crippen LogP contribution in [0.25, 0.3) is 6.08 Å². The second-order valence-electron chi connectivity index (χ2n) is 2.75. The third-order valence-corrected chi connectivity index (χ3v) is 1.92. The first-order chi connectivity index (χ1) is 6.75. The smallest absolute Gasteiger partial charge is 0.273 e. The quantitative estimate of drug-likeness (QED) is 0.515. The number of aromatic nitrogens is 1. The summed E-state index contributed by atoms with van der Waals surface area (Å²) in [5, 5.41) is 5.57. The van der Waals surface area contributed by atoms with Gasteiger partial charge in [-0.3, -0.25) is 15.1 Å². The number of nitrogens with one attached hydrogen (secondary N) is 2. The standard InChI is InChI=1S/C9H7N3OS/c13-8-7(11-9(14)12-8)4-6-2-1-3-10-5-6/h1-5H,(H2,11,12,13,14)/b7-4-. The van der Waals surface area contributed by atoms with Crippen LogP contribution in [-0.4, -0.2) is 16.0 Å². The maximum atomic E-state index is 11.2. The summed E-state index contributed by atoms with van der Waals surface area (Å²) >= 11 is 4.79. The molecule has 0 bridgehead atoms. The Morgan fingerprint density at radius 3 is 2.86 bits per heavy atom. The van der Waals surface area contributed by atoms with Crippen LogP contribution in [0.1, 0.15) is 5.56 Å². The van der Waals surface area contributed by atoms with Crippen molar-refractivity contribution in [2.24, 2.45) is 0 Å². The minimum absolute atomic E-state index is 0.209. The fourth-order valence-electron chi connectivity index (χ4n) is 1.11. The Bertz CT molecular complexity index is 413. The van der Waals surface area contributed by atoms with E-state index in [1.807, 2.05) is 6.07 Å². The number of hydrogen-bond acceptors (Lipinski definition) is 3. The average molecular weight is 205 g/mol. The summed E-state index contributed by atoms with van der Waals surface area (Å²) in [5.74, 6) is -0.209. The molecule has 2 N–H and O–H groups in total. The summed E-state index contributed by atoms with van der Waals surface area (Å²) < 4.78 is 0. The van der Waals surface area contributed by atoms with E-state index in [9.17, 15) is 4.79 Å². The number of rotatable bonds is 1. The van der Waals surface area contributed by atoms with Crippen LogP contribution < -0.4 is 10.6 Å². The minimum atomic E-state index is -0.209. The number of hydrogen-bond donors (Lipinski definition) is 2. The van der Waals surface area contributed by atoms with E-state index in [0.29, 0.717) is 10.8 Å². The number of nitrogens with zero attached hydrogens (tertiary/aromatic N) is 1. The largest absolute Gasteiger partial charge is 0.328 e. The highest BCUT2D eigenvalue weighted by Crippen LogP contribution is 2.05. The molecule has 5 heteroatoms. The maximum absolute atomic E-state index is 11.2. The van der Waals surface area contributed by atoms with E-state index >= 15 is 0 Å². The second kappa shape index (κ2) is 3.55. The number of carbonyl (C=O) groups is 1. The molecule has 4 nitrogen and oxygen atoms in total. The summed E-state index contributed by atoms with van der Waals surface area (Å²) in [6.07, 6.45) is 5.04. The molecular formula is C9H7N3OS. The minimum Gasteiger partial charge on any atom is -0.328 e. The Balaban J connectivity index is 2.28. The van der Waals surface area contributed by atoms with Gasteiger partial charge in [-0.15, -0.1) is 0 Å². The molecule has 0 atom stereocenters. The van der Waals surface area contributed by atoms with Gasteiger partial charge in [0.2, 0.25) is 0 Å². The zero-order valence-electron chi connectivity index (χ0n) is 7.15. The normalized spacial score (nSPS) is 18.1. The molecule has 2 rings (SSSR count). The molecule has 1 aromatic rings. The molecule has 1 aliphatic heterocycles. The number of thiocarbonyl (C=S) groups is 1. The van der Waals surface area contributed by atoms with Crippen LogP contribution in [0.2, 0.25) is 0 Å². The van der Waals surface area contributed by atoms with Crippen molar-refractivity contribution in [3.05, 3.63) is 35.8 Å². The van der Waals surface area contributed by atoms with Crippen molar-refractivity contribution in [2.75, 3.05) is 0 Å². The lowest BCUT2D eigenvalue weighted by molar-refractivity contribution is -0.115. The SMILES string of the molecule is O=C1NC(=S)N/C1=C\c1cccnc1. The topological polar surface area (TPSA) is 54.0 Å². The van der Waals surface area contributed by atoms with Gasteiger partial charge in [0.15, 0.2) is 5.11 Å². The van der Waals surface area contributed by atoms with Crippen molar-refractivity contribution in [2.45, 2.75) is 0 Å². The lowest BCUT2D eigenvalue weighted by Gasteiger charge is -1.94. The molecule has 1 aliphatic rings. The average Bonchev–Trinajstić information content (AvgIpc) is 2.47. The molecule has 0 spiro atoms. The fraction of sp³-hybridized carbons (Fsp3) is 0. The summed E-state index contributed by atoms with van der Waals surface area (Å²) in [5.41, 5.74) is 1.30. The van der Waals surface area contributed by atoms with Gasteiger partial charge in [-0.05, 0) is 29.9 Å². The Labute approximate surface area is 86.0 Å². The van der Waals surface area contributed by atoms with E-state index in [0.717, 1.165) is 5.56 Å². The Morgan fingerprint density at radius 1 is 1.43 bits per heavy atom. The second-order valence-corrected chi connectivity index (χ2v) is 3.16. The van der Waals surface area contributed by atoms with E-state index in [-0.39, 0.29) is 5.91 Å². The maximum Gasteiger partial charge on any atom is 0.273 e. The van der Waals surface area contributed by atoms with Crippen LogP contribution in [0.5, 0.6) is 0 Å². The molecule has 0 saturated carbocycles. The van der Waals surface area contributed by atoms with Gasteiger partial charge in [-0.1, -0.05) is 6.07 Å². The van der Waals surface area contributed by atoms with E-state index in [1.165, 1.54) is 0 Å². The molecule has 0 aliphatic carbocycles. The molecule has 0 radical (unpaired) electrons. The number of carbonyl (C=O) groups excluding carboxylic acids is 1. The number of amides is 1. The summed E-state index contributed by atoms with van der Waals surface area (Å²) in [6.45, 7) is 0. The van der Waals surface area contributed by atoms with Crippen LogP contribution >= 0.6 is 12.2 Å². The predicted molar refractivity (Wildman–Crippen MR) is 56.1 cm³/mol. The third kappa shape index (κ3) is 1.77. The van der Waals surface area contributed by atoms with E-state index in [1.54, 1.807) is 24.5 Å². The Kier molecular flexibility index (Phi) is 2.24. The van der Waals surface area contributed by atoms with Crippen LogP contribution in [0.3, 0.4) is 0 Å². The summed E-state index contributed by atoms with van der Waals surface area (Å²) in [6, 6.07) is 3.66. The van der Waals surface area contributed by atoms with Crippen molar-refractivity contribution in [3.63, 3.8) is 0 Å². The fourth-order valence-corrected chi connectivity index (χ4v) is 1.31. The highest BCUT2D eigenvalue weighted by Gasteiger charge is 2.19. The Hall–Kier alpha value is -1.75. The van der Waals surface area contributed by atoms with Crippen LogP contribution in [-0.2, 0) is 4.79 Å². The van der Waals surface area contributed by atoms with E-state index in [2.05, 4.69) is 15.6 Å². The number of pyridine rings is 1. The van der Waals surface area contributed by atoms with Crippen molar-refractivity contribution in [3.8, 4) is 0 Å².